The zero-order valence-electron chi connectivity index (χ0n) is 23.6. The Balaban J connectivity index is 0.000000707. The molecule has 1 unspecified atom stereocenters. The Morgan fingerprint density at radius 3 is 2.09 bits per heavy atom. The van der Waals surface area contributed by atoms with E-state index in [1.807, 2.05) is 18.2 Å². The Morgan fingerprint density at radius 2 is 1.51 bits per heavy atom. The van der Waals surface area contributed by atoms with Crippen LogP contribution in [0.3, 0.4) is 0 Å². The van der Waals surface area contributed by atoms with Crippen molar-refractivity contribution in [1.29, 1.82) is 0 Å². The van der Waals surface area contributed by atoms with Gasteiger partial charge in [-0.25, -0.2) is 14.2 Å². The summed E-state index contributed by atoms with van der Waals surface area (Å²) in [7, 11) is 0. The molecule has 0 spiro atoms. The van der Waals surface area contributed by atoms with E-state index in [4.69, 9.17) is 14.6 Å². The molecule has 0 bridgehead atoms. The Morgan fingerprint density at radius 1 is 0.867 bits per heavy atom. The third-order valence-corrected chi connectivity index (χ3v) is 6.10. The Bertz CT molecular complexity index is 1550. The number of carboxylic acid groups (broad SMARTS) is 2. The van der Waals surface area contributed by atoms with Gasteiger partial charge in [-0.1, -0.05) is 48.5 Å². The molecule has 1 atom stereocenters. The lowest BCUT2D eigenvalue weighted by Gasteiger charge is -2.18. The van der Waals surface area contributed by atoms with E-state index < -0.39 is 30.1 Å². The molecule has 4 N–H and O–H groups in total. The van der Waals surface area contributed by atoms with Crippen molar-refractivity contribution in [3.05, 3.63) is 114 Å². The maximum Gasteiger partial charge on any atom is 0.490 e. The first-order chi connectivity index (χ1) is 21.4. The fraction of sp³-hybridized carbons (Fsp3) is 0.188. The van der Waals surface area contributed by atoms with Crippen molar-refractivity contribution < 1.29 is 46.9 Å². The number of aromatic nitrogens is 1. The zero-order valence-corrected chi connectivity index (χ0v) is 23.6. The second-order valence-electron chi connectivity index (χ2n) is 9.40. The molecule has 1 aromatic heterocycles. The lowest BCUT2D eigenvalue weighted by molar-refractivity contribution is -0.192. The smallest absolute Gasteiger partial charge is 0.490 e. The molecular formula is C32H29F4N3O6. The molecule has 0 fully saturated rings. The molecule has 1 amide bonds. The third kappa shape index (κ3) is 11.3. The van der Waals surface area contributed by atoms with Gasteiger partial charge in [0.15, 0.2) is 0 Å². The minimum Gasteiger partial charge on any atom is -0.494 e. The van der Waals surface area contributed by atoms with Gasteiger partial charge >= 0.3 is 18.1 Å². The Labute approximate surface area is 255 Å². The highest BCUT2D eigenvalue weighted by atomic mass is 19.4. The topological polar surface area (TPSA) is 138 Å². The summed E-state index contributed by atoms with van der Waals surface area (Å²) >= 11 is 0. The van der Waals surface area contributed by atoms with E-state index in [1.165, 1.54) is 6.07 Å². The molecule has 0 radical (unpaired) electrons. The number of hydrogen-bond donors (Lipinski definition) is 4. The Kier molecular flexibility index (Phi) is 12.4. The van der Waals surface area contributed by atoms with Crippen LogP contribution >= 0.6 is 0 Å². The highest BCUT2D eigenvalue weighted by Gasteiger charge is 2.38. The first kappa shape index (κ1) is 34.0. The van der Waals surface area contributed by atoms with Crippen LogP contribution in [0.5, 0.6) is 5.75 Å². The average Bonchev–Trinajstić information content (AvgIpc) is 3.01. The van der Waals surface area contributed by atoms with Crippen LogP contribution in [-0.4, -0.2) is 52.4 Å². The summed E-state index contributed by atoms with van der Waals surface area (Å²) in [6.45, 7) is 1.21. The van der Waals surface area contributed by atoms with E-state index in [2.05, 4.69) is 15.6 Å². The summed E-state index contributed by atoms with van der Waals surface area (Å²) < 4.78 is 51.6. The van der Waals surface area contributed by atoms with E-state index in [0.29, 0.717) is 41.2 Å². The minimum atomic E-state index is -5.08. The average molecular weight is 628 g/mol. The molecule has 0 aliphatic carbocycles. The number of rotatable bonds is 12. The molecule has 13 heteroatoms. The van der Waals surface area contributed by atoms with Crippen LogP contribution in [0.1, 0.15) is 34.8 Å². The number of halogens is 4. The van der Waals surface area contributed by atoms with Crippen LogP contribution < -0.4 is 15.4 Å². The molecule has 45 heavy (non-hydrogen) atoms. The number of aliphatic carboxylic acids is 2. The summed E-state index contributed by atoms with van der Waals surface area (Å²) in [5.41, 5.74) is 2.10. The second kappa shape index (κ2) is 16.4. The molecule has 236 valence electrons. The van der Waals surface area contributed by atoms with E-state index >= 15 is 0 Å². The van der Waals surface area contributed by atoms with E-state index in [9.17, 15) is 32.3 Å². The first-order valence-corrected chi connectivity index (χ1v) is 13.5. The fourth-order valence-corrected chi connectivity index (χ4v) is 3.91. The number of anilines is 1. The molecule has 0 saturated heterocycles. The SMILES string of the molecule is O=C(O)C(F)(F)F.O=C(O)CC(NC(=O)c1ccc(OCCCNc2ccccn2)cc1)c1ccc(-c2ccccc2F)cc1. The number of carboxylic acids is 2. The number of ether oxygens (including phenoxy) is 1. The van der Waals surface area contributed by atoms with Crippen LogP contribution in [-0.2, 0) is 9.59 Å². The number of benzene rings is 3. The summed E-state index contributed by atoms with van der Waals surface area (Å²) in [6, 6.07) is 24.9. The molecule has 0 saturated carbocycles. The van der Waals surface area contributed by atoms with E-state index in [-0.39, 0.29) is 12.2 Å². The molecule has 9 nitrogen and oxygen atoms in total. The van der Waals surface area contributed by atoms with Crippen LogP contribution in [0.15, 0.2) is 97.2 Å². The van der Waals surface area contributed by atoms with Crippen molar-refractivity contribution in [2.45, 2.75) is 25.1 Å². The van der Waals surface area contributed by atoms with Crippen molar-refractivity contribution in [3.8, 4) is 16.9 Å². The quantitative estimate of drug-likeness (QED) is 0.105. The Hall–Kier alpha value is -5.46. The maximum atomic E-state index is 14.1. The second-order valence-corrected chi connectivity index (χ2v) is 9.40. The van der Waals surface area contributed by atoms with Gasteiger partial charge in [0.1, 0.15) is 17.4 Å². The normalized spacial score (nSPS) is 11.4. The number of alkyl halides is 3. The number of hydrogen-bond acceptors (Lipinski definition) is 6. The maximum absolute atomic E-state index is 14.1. The van der Waals surface area contributed by atoms with Gasteiger partial charge in [0, 0.05) is 23.9 Å². The van der Waals surface area contributed by atoms with E-state index in [0.717, 1.165) is 12.2 Å². The van der Waals surface area contributed by atoms with Gasteiger partial charge in [0.05, 0.1) is 19.1 Å². The molecule has 3 aromatic carbocycles. The molecule has 1 heterocycles. The minimum absolute atomic E-state index is 0.293. The standard InChI is InChI=1S/C30H28FN3O4.C2HF3O2/c31-26-7-2-1-6-25(26)21-9-11-22(12-10-21)27(20-29(35)36)34-30(37)23-13-15-24(16-14-23)38-19-5-18-33-28-8-3-4-17-32-28;3-2(4,5)1(6)7/h1-4,6-17,27H,5,18-20H2,(H,32,33)(H,34,37)(H,35,36);(H,6,7). The van der Waals surface area contributed by atoms with Crippen LogP contribution in [0, 0.1) is 5.82 Å². The summed E-state index contributed by atoms with van der Waals surface area (Å²) in [5, 5.41) is 22.5. The highest BCUT2D eigenvalue weighted by molar-refractivity contribution is 5.94. The first-order valence-electron chi connectivity index (χ1n) is 13.5. The lowest BCUT2D eigenvalue weighted by Crippen LogP contribution is -2.30. The predicted octanol–water partition coefficient (Wildman–Crippen LogP) is 6.35. The molecular weight excluding hydrogens is 598 g/mol. The molecule has 4 rings (SSSR count). The van der Waals surface area contributed by atoms with Gasteiger partial charge in [0.25, 0.3) is 5.91 Å². The zero-order chi connectivity index (χ0) is 32.8. The van der Waals surface area contributed by atoms with Gasteiger partial charge < -0.3 is 25.6 Å². The van der Waals surface area contributed by atoms with Gasteiger partial charge in [-0.15, -0.1) is 0 Å². The van der Waals surface area contributed by atoms with Crippen molar-refractivity contribution in [2.75, 3.05) is 18.5 Å². The van der Waals surface area contributed by atoms with E-state index in [1.54, 1.807) is 72.9 Å². The monoisotopic (exact) mass is 627 g/mol. The van der Waals surface area contributed by atoms with Gasteiger partial charge in [-0.3, -0.25) is 9.59 Å². The van der Waals surface area contributed by atoms with Crippen molar-refractivity contribution in [1.82, 2.24) is 10.3 Å². The number of nitrogens with one attached hydrogen (secondary N) is 2. The van der Waals surface area contributed by atoms with Crippen molar-refractivity contribution >= 4 is 23.7 Å². The summed E-state index contributed by atoms with van der Waals surface area (Å²) in [5.74, 6) is -3.11. The number of carbonyl (C=O) groups excluding carboxylic acids is 1. The molecule has 0 aliphatic heterocycles. The number of carbonyl (C=O) groups is 3. The highest BCUT2D eigenvalue weighted by Crippen LogP contribution is 2.26. The van der Waals surface area contributed by atoms with Crippen molar-refractivity contribution in [3.63, 3.8) is 0 Å². The summed E-state index contributed by atoms with van der Waals surface area (Å²) in [6.07, 6.45) is -2.88. The largest absolute Gasteiger partial charge is 0.494 e. The third-order valence-electron chi connectivity index (χ3n) is 6.10. The van der Waals surface area contributed by atoms with Crippen LogP contribution in [0.2, 0.25) is 0 Å². The predicted molar refractivity (Wildman–Crippen MR) is 157 cm³/mol. The summed E-state index contributed by atoms with van der Waals surface area (Å²) in [4.78, 5) is 37.5. The number of nitrogens with zero attached hydrogens (tertiary/aromatic N) is 1. The van der Waals surface area contributed by atoms with Crippen LogP contribution in [0.4, 0.5) is 23.4 Å². The number of pyridine rings is 1. The van der Waals surface area contributed by atoms with Gasteiger partial charge in [-0.05, 0) is 60.0 Å². The fourth-order valence-electron chi connectivity index (χ4n) is 3.91. The van der Waals surface area contributed by atoms with Crippen LogP contribution in [0.25, 0.3) is 11.1 Å². The molecule has 0 aliphatic rings. The lowest BCUT2D eigenvalue weighted by atomic mass is 9.98. The van der Waals surface area contributed by atoms with Crippen molar-refractivity contribution in [2.24, 2.45) is 0 Å². The number of amides is 1. The van der Waals surface area contributed by atoms with Gasteiger partial charge in [-0.2, -0.15) is 13.2 Å². The van der Waals surface area contributed by atoms with Gasteiger partial charge in [0.2, 0.25) is 0 Å². The molecule has 4 aromatic rings.